The van der Waals surface area contributed by atoms with Crippen molar-refractivity contribution < 1.29 is 4.79 Å². The number of allylic oxidation sites excluding steroid dienone is 2. The Morgan fingerprint density at radius 1 is 1.13 bits per heavy atom. The van der Waals surface area contributed by atoms with E-state index >= 15 is 0 Å². The van der Waals surface area contributed by atoms with Gasteiger partial charge >= 0.3 is 0 Å². The molecule has 1 saturated carbocycles. The minimum atomic E-state index is 0.197. The summed E-state index contributed by atoms with van der Waals surface area (Å²) in [6, 6.07) is 14.8. The van der Waals surface area contributed by atoms with Crippen LogP contribution in [0.1, 0.15) is 49.2 Å². The van der Waals surface area contributed by atoms with Gasteiger partial charge in [0.25, 0.3) is 0 Å². The molecule has 1 fully saturated rings. The maximum atomic E-state index is 13.2. The van der Waals surface area contributed by atoms with E-state index in [2.05, 4.69) is 55.4 Å². The highest BCUT2D eigenvalue weighted by molar-refractivity contribution is 7.99. The highest BCUT2D eigenvalue weighted by Crippen LogP contribution is 2.35. The van der Waals surface area contributed by atoms with Crippen molar-refractivity contribution in [1.29, 1.82) is 0 Å². The maximum Gasteiger partial charge on any atom is 0.237 e. The number of carbonyl (C=O) groups is 1. The Bertz CT molecular complexity index is 1050. The maximum absolute atomic E-state index is 13.2. The fourth-order valence-corrected chi connectivity index (χ4v) is 5.61. The SMILES string of the molecule is O=C(CSc1nnc(Cc2cccs2)n1-c1ccccc1)N(C1=CCCCC1)C1CC1. The molecule has 1 aromatic carbocycles. The zero-order valence-electron chi connectivity index (χ0n) is 17.4. The second kappa shape index (κ2) is 9.40. The van der Waals surface area contributed by atoms with Crippen molar-refractivity contribution in [2.75, 3.05) is 5.75 Å². The van der Waals surface area contributed by atoms with Gasteiger partial charge in [-0.25, -0.2) is 0 Å². The van der Waals surface area contributed by atoms with Gasteiger partial charge in [-0.3, -0.25) is 9.36 Å². The normalized spacial score (nSPS) is 16.2. The molecule has 5 rings (SSSR count). The van der Waals surface area contributed by atoms with E-state index in [4.69, 9.17) is 0 Å². The lowest BCUT2D eigenvalue weighted by atomic mass is 10.0. The van der Waals surface area contributed by atoms with Crippen molar-refractivity contribution in [2.45, 2.75) is 56.1 Å². The third kappa shape index (κ3) is 4.77. The Balaban J connectivity index is 1.36. The highest BCUT2D eigenvalue weighted by Gasteiger charge is 2.35. The lowest BCUT2D eigenvalue weighted by Gasteiger charge is -2.27. The molecule has 0 bridgehead atoms. The van der Waals surface area contributed by atoms with Crippen LogP contribution >= 0.6 is 23.1 Å². The van der Waals surface area contributed by atoms with Gasteiger partial charge in [0, 0.05) is 28.7 Å². The molecule has 160 valence electrons. The topological polar surface area (TPSA) is 51.0 Å². The standard InChI is InChI=1S/C24H26N4OS2/c29-23(27(20-13-14-20)18-8-3-1-4-9-18)17-31-24-26-25-22(16-21-12-7-15-30-21)28(24)19-10-5-2-6-11-19/h2,5-8,10-12,15,20H,1,3-4,9,13-14,16-17H2. The molecule has 0 spiro atoms. The number of benzene rings is 1. The van der Waals surface area contributed by atoms with Crippen LogP contribution in [0.4, 0.5) is 0 Å². The van der Waals surface area contributed by atoms with Gasteiger partial charge < -0.3 is 4.90 Å². The largest absolute Gasteiger partial charge is 0.313 e. The van der Waals surface area contributed by atoms with E-state index in [9.17, 15) is 4.79 Å². The fourth-order valence-electron chi connectivity index (χ4n) is 4.08. The summed E-state index contributed by atoms with van der Waals surface area (Å²) in [5.41, 5.74) is 2.27. The molecule has 2 heterocycles. The van der Waals surface area contributed by atoms with Crippen LogP contribution in [0, 0.1) is 0 Å². The molecule has 2 aliphatic rings. The summed E-state index contributed by atoms with van der Waals surface area (Å²) in [6.07, 6.45) is 9.79. The van der Waals surface area contributed by atoms with Crippen LogP contribution < -0.4 is 0 Å². The van der Waals surface area contributed by atoms with Crippen LogP contribution in [0.2, 0.25) is 0 Å². The summed E-state index contributed by atoms with van der Waals surface area (Å²) < 4.78 is 2.10. The number of thiophene rings is 1. The van der Waals surface area contributed by atoms with Crippen molar-refractivity contribution >= 4 is 29.0 Å². The second-order valence-electron chi connectivity index (χ2n) is 8.05. The molecule has 7 heteroatoms. The van der Waals surface area contributed by atoms with Crippen LogP contribution in [-0.2, 0) is 11.2 Å². The van der Waals surface area contributed by atoms with Gasteiger partial charge in [-0.15, -0.1) is 21.5 Å². The summed E-state index contributed by atoms with van der Waals surface area (Å²) >= 11 is 3.22. The molecule has 0 saturated heterocycles. The average Bonchev–Trinajstić information content (AvgIpc) is 3.34. The van der Waals surface area contributed by atoms with E-state index in [0.717, 1.165) is 48.8 Å². The monoisotopic (exact) mass is 450 g/mol. The molecule has 0 radical (unpaired) electrons. The number of hydrogen-bond donors (Lipinski definition) is 0. The zero-order chi connectivity index (χ0) is 21.0. The summed E-state index contributed by atoms with van der Waals surface area (Å²) in [6.45, 7) is 0. The Morgan fingerprint density at radius 3 is 2.71 bits per heavy atom. The number of amides is 1. The molecule has 1 amide bonds. The summed E-state index contributed by atoms with van der Waals surface area (Å²) in [5.74, 6) is 1.48. The third-order valence-corrected chi connectivity index (χ3v) is 7.50. The van der Waals surface area contributed by atoms with E-state index in [1.54, 1.807) is 11.3 Å². The molecule has 31 heavy (non-hydrogen) atoms. The Morgan fingerprint density at radius 2 is 2.00 bits per heavy atom. The molecule has 0 N–H and O–H groups in total. The van der Waals surface area contributed by atoms with E-state index in [0.29, 0.717) is 11.8 Å². The summed E-state index contributed by atoms with van der Waals surface area (Å²) in [4.78, 5) is 16.6. The number of nitrogens with zero attached hydrogens (tertiary/aromatic N) is 4. The Labute approximate surface area is 191 Å². The zero-order valence-corrected chi connectivity index (χ0v) is 19.1. The van der Waals surface area contributed by atoms with Crippen LogP contribution in [0.15, 0.2) is 64.8 Å². The van der Waals surface area contributed by atoms with Gasteiger partial charge in [-0.2, -0.15) is 0 Å². The minimum absolute atomic E-state index is 0.197. The Hall–Kier alpha value is -2.38. The molecule has 2 aliphatic carbocycles. The second-order valence-corrected chi connectivity index (χ2v) is 10.0. The third-order valence-electron chi connectivity index (χ3n) is 5.71. The van der Waals surface area contributed by atoms with Crippen LogP contribution in [0.5, 0.6) is 0 Å². The fraction of sp³-hybridized carbons (Fsp3) is 0.375. The van der Waals surface area contributed by atoms with Crippen molar-refractivity contribution in [1.82, 2.24) is 19.7 Å². The molecule has 3 aromatic rings. The lowest BCUT2D eigenvalue weighted by molar-refractivity contribution is -0.127. The van der Waals surface area contributed by atoms with Gasteiger partial charge in [-0.1, -0.05) is 42.1 Å². The smallest absolute Gasteiger partial charge is 0.237 e. The highest BCUT2D eigenvalue weighted by atomic mass is 32.2. The van der Waals surface area contributed by atoms with Crippen LogP contribution in [0.3, 0.4) is 0 Å². The van der Waals surface area contributed by atoms with E-state index in [-0.39, 0.29) is 5.91 Å². The van der Waals surface area contributed by atoms with Gasteiger partial charge in [0.15, 0.2) is 5.16 Å². The summed E-state index contributed by atoms with van der Waals surface area (Å²) in [7, 11) is 0. The van der Waals surface area contributed by atoms with Crippen LogP contribution in [-0.4, -0.2) is 37.4 Å². The van der Waals surface area contributed by atoms with Crippen molar-refractivity contribution in [2.24, 2.45) is 0 Å². The Kier molecular flexibility index (Phi) is 6.22. The number of thioether (sulfide) groups is 1. The van der Waals surface area contributed by atoms with Crippen molar-refractivity contribution in [3.05, 3.63) is 70.3 Å². The predicted molar refractivity (Wildman–Crippen MR) is 126 cm³/mol. The molecule has 0 atom stereocenters. The first kappa shape index (κ1) is 20.5. The predicted octanol–water partition coefficient (Wildman–Crippen LogP) is 5.46. The number of hydrogen-bond acceptors (Lipinski definition) is 5. The van der Waals surface area contributed by atoms with E-state index in [1.165, 1.54) is 35.2 Å². The molecule has 5 nitrogen and oxygen atoms in total. The van der Waals surface area contributed by atoms with Gasteiger partial charge in [0.2, 0.25) is 5.91 Å². The molecular weight excluding hydrogens is 424 g/mol. The quantitative estimate of drug-likeness (QED) is 0.428. The number of para-hydroxylation sites is 1. The molecule has 0 unspecified atom stereocenters. The van der Waals surface area contributed by atoms with Gasteiger partial charge in [0.1, 0.15) is 5.82 Å². The molecule has 0 aliphatic heterocycles. The number of rotatable bonds is 8. The first-order valence-electron chi connectivity index (χ1n) is 11.0. The number of carbonyl (C=O) groups excluding carboxylic acids is 1. The first-order valence-corrected chi connectivity index (χ1v) is 12.8. The first-order chi connectivity index (χ1) is 15.3. The van der Waals surface area contributed by atoms with Crippen molar-refractivity contribution in [3.63, 3.8) is 0 Å². The molecular formula is C24H26N4OS2. The van der Waals surface area contributed by atoms with Gasteiger partial charge in [-0.05, 0) is 62.1 Å². The van der Waals surface area contributed by atoms with E-state index in [1.807, 2.05) is 18.2 Å². The average molecular weight is 451 g/mol. The van der Waals surface area contributed by atoms with E-state index < -0.39 is 0 Å². The number of aromatic nitrogens is 3. The van der Waals surface area contributed by atoms with Gasteiger partial charge in [0.05, 0.1) is 5.75 Å². The molecule has 2 aromatic heterocycles. The van der Waals surface area contributed by atoms with Crippen molar-refractivity contribution in [3.8, 4) is 5.69 Å². The minimum Gasteiger partial charge on any atom is -0.313 e. The lowest BCUT2D eigenvalue weighted by Crippen LogP contribution is -2.34. The summed E-state index contributed by atoms with van der Waals surface area (Å²) in [5, 5.41) is 11.8. The van der Waals surface area contributed by atoms with Crippen LogP contribution in [0.25, 0.3) is 5.69 Å².